The van der Waals surface area contributed by atoms with Gasteiger partial charge in [0.05, 0.1) is 12.2 Å². The van der Waals surface area contributed by atoms with Crippen molar-refractivity contribution in [1.29, 1.82) is 0 Å². The molecule has 0 saturated carbocycles. The number of ether oxygens (including phenoxy) is 1. The minimum atomic E-state index is -0.425. The molecule has 0 aliphatic carbocycles. The third-order valence-electron chi connectivity index (χ3n) is 4.11. The summed E-state index contributed by atoms with van der Waals surface area (Å²) in [7, 11) is 0. The highest BCUT2D eigenvalue weighted by atomic mass is 32.1. The van der Waals surface area contributed by atoms with E-state index in [2.05, 4.69) is 22.8 Å². The van der Waals surface area contributed by atoms with Crippen LogP contribution >= 0.6 is 11.3 Å². The Hall–Kier alpha value is -3.12. The number of anilines is 1. The van der Waals surface area contributed by atoms with Gasteiger partial charge in [0.15, 0.2) is 0 Å². The summed E-state index contributed by atoms with van der Waals surface area (Å²) in [5, 5.41) is 6.42. The number of nitrogens with one attached hydrogen (secondary N) is 2. The van der Waals surface area contributed by atoms with Crippen LogP contribution in [0.3, 0.4) is 0 Å². The summed E-state index contributed by atoms with van der Waals surface area (Å²) in [5.74, 6) is -0.600. The quantitative estimate of drug-likeness (QED) is 0.690. The zero-order valence-electron chi connectivity index (χ0n) is 13.8. The molecule has 0 unspecified atom stereocenters. The van der Waals surface area contributed by atoms with Gasteiger partial charge in [-0.25, -0.2) is 4.79 Å². The van der Waals surface area contributed by atoms with E-state index in [-0.39, 0.29) is 12.5 Å². The van der Waals surface area contributed by atoms with Crippen molar-refractivity contribution in [2.24, 2.45) is 0 Å². The zero-order valence-corrected chi connectivity index (χ0v) is 14.6. The van der Waals surface area contributed by atoms with Gasteiger partial charge < -0.3 is 15.4 Å². The molecular formula is C20H16N2O3S. The van der Waals surface area contributed by atoms with E-state index in [0.29, 0.717) is 22.1 Å². The molecule has 26 heavy (non-hydrogen) atoms. The van der Waals surface area contributed by atoms with Crippen LogP contribution in [-0.4, -0.2) is 18.5 Å². The van der Waals surface area contributed by atoms with Crippen molar-refractivity contribution in [3.8, 4) is 11.1 Å². The van der Waals surface area contributed by atoms with Crippen LogP contribution in [0, 0.1) is 0 Å². The summed E-state index contributed by atoms with van der Waals surface area (Å²) in [5.41, 5.74) is 3.66. The first-order valence-corrected chi connectivity index (χ1v) is 9.00. The second-order valence-electron chi connectivity index (χ2n) is 5.85. The lowest BCUT2D eigenvalue weighted by atomic mass is 10.0. The molecule has 1 aliphatic heterocycles. The summed E-state index contributed by atoms with van der Waals surface area (Å²) < 4.78 is 5.38. The maximum Gasteiger partial charge on any atom is 0.348 e. The van der Waals surface area contributed by atoms with Gasteiger partial charge in [-0.05, 0) is 22.8 Å². The van der Waals surface area contributed by atoms with Crippen LogP contribution in [-0.2, 0) is 11.3 Å². The highest BCUT2D eigenvalue weighted by Gasteiger charge is 2.23. The van der Waals surface area contributed by atoms with Crippen molar-refractivity contribution in [3.05, 3.63) is 76.7 Å². The van der Waals surface area contributed by atoms with Crippen molar-refractivity contribution in [1.82, 2.24) is 5.32 Å². The molecule has 2 heterocycles. The number of amides is 1. The van der Waals surface area contributed by atoms with Crippen LogP contribution in [0.1, 0.15) is 25.6 Å². The van der Waals surface area contributed by atoms with Gasteiger partial charge >= 0.3 is 5.97 Å². The Morgan fingerprint density at radius 1 is 1.00 bits per heavy atom. The van der Waals surface area contributed by atoms with E-state index in [4.69, 9.17) is 4.74 Å². The molecule has 5 nitrogen and oxygen atoms in total. The maximum atomic E-state index is 12.3. The SMILES string of the molecule is O=C(OCc1ccc(-c2ccccc2)cc1)c1cc2c(s1)NCNC2=O. The molecule has 0 bridgehead atoms. The molecule has 0 radical (unpaired) electrons. The molecule has 0 spiro atoms. The maximum absolute atomic E-state index is 12.3. The van der Waals surface area contributed by atoms with Crippen molar-refractivity contribution in [2.45, 2.75) is 6.61 Å². The van der Waals surface area contributed by atoms with Gasteiger partial charge in [0.25, 0.3) is 5.91 Å². The highest BCUT2D eigenvalue weighted by Crippen LogP contribution is 2.30. The van der Waals surface area contributed by atoms with Gasteiger partial charge in [-0.15, -0.1) is 11.3 Å². The number of hydrogen-bond acceptors (Lipinski definition) is 5. The van der Waals surface area contributed by atoms with E-state index >= 15 is 0 Å². The molecule has 1 aliphatic rings. The molecule has 0 fully saturated rings. The molecule has 1 aromatic heterocycles. The summed E-state index contributed by atoms with van der Waals surface area (Å²) in [6.45, 7) is 0.560. The Morgan fingerprint density at radius 2 is 1.73 bits per heavy atom. The lowest BCUT2D eigenvalue weighted by Gasteiger charge is -2.13. The highest BCUT2D eigenvalue weighted by molar-refractivity contribution is 7.18. The smallest absolute Gasteiger partial charge is 0.348 e. The number of rotatable bonds is 4. The van der Waals surface area contributed by atoms with Gasteiger partial charge in [-0.1, -0.05) is 54.6 Å². The van der Waals surface area contributed by atoms with E-state index < -0.39 is 5.97 Å². The number of carbonyl (C=O) groups excluding carboxylic acids is 2. The molecule has 2 aromatic carbocycles. The van der Waals surface area contributed by atoms with Crippen molar-refractivity contribution in [3.63, 3.8) is 0 Å². The van der Waals surface area contributed by atoms with E-state index in [1.165, 1.54) is 11.3 Å². The van der Waals surface area contributed by atoms with Crippen LogP contribution in [0.5, 0.6) is 0 Å². The van der Waals surface area contributed by atoms with Gasteiger partial charge in [0.1, 0.15) is 16.5 Å². The fourth-order valence-corrected chi connectivity index (χ4v) is 3.68. The molecule has 2 N–H and O–H groups in total. The average molecular weight is 364 g/mol. The minimum absolute atomic E-state index is 0.175. The van der Waals surface area contributed by atoms with Crippen molar-refractivity contribution in [2.75, 3.05) is 12.0 Å². The Kier molecular flexibility index (Phi) is 4.41. The number of thiophene rings is 1. The van der Waals surface area contributed by atoms with Gasteiger partial charge in [0, 0.05) is 0 Å². The Bertz CT molecular complexity index is 949. The number of hydrogen-bond donors (Lipinski definition) is 2. The van der Waals surface area contributed by atoms with Crippen LogP contribution in [0.25, 0.3) is 11.1 Å². The lowest BCUT2D eigenvalue weighted by Crippen LogP contribution is -2.33. The molecule has 1 amide bonds. The van der Waals surface area contributed by atoms with Crippen LogP contribution < -0.4 is 10.6 Å². The van der Waals surface area contributed by atoms with Crippen LogP contribution in [0.15, 0.2) is 60.7 Å². The topological polar surface area (TPSA) is 67.4 Å². The largest absolute Gasteiger partial charge is 0.457 e. The van der Waals surface area contributed by atoms with Gasteiger partial charge in [-0.2, -0.15) is 0 Å². The third kappa shape index (κ3) is 3.32. The molecule has 0 atom stereocenters. The molecule has 3 aromatic rings. The number of carbonyl (C=O) groups is 2. The van der Waals surface area contributed by atoms with E-state index in [9.17, 15) is 9.59 Å². The first-order chi connectivity index (χ1) is 12.7. The predicted molar refractivity (Wildman–Crippen MR) is 101 cm³/mol. The third-order valence-corrected chi connectivity index (χ3v) is 5.18. The molecule has 130 valence electrons. The first-order valence-electron chi connectivity index (χ1n) is 8.18. The molecule has 4 rings (SSSR count). The van der Waals surface area contributed by atoms with Crippen molar-refractivity contribution >= 4 is 28.2 Å². The Balaban J connectivity index is 1.41. The summed E-state index contributed by atoms with van der Waals surface area (Å²) >= 11 is 1.24. The Morgan fingerprint density at radius 3 is 2.46 bits per heavy atom. The van der Waals surface area contributed by atoms with Gasteiger partial charge in [0.2, 0.25) is 0 Å². The summed E-state index contributed by atoms with van der Waals surface area (Å²) in [6, 6.07) is 19.6. The average Bonchev–Trinajstić information content (AvgIpc) is 3.13. The minimum Gasteiger partial charge on any atom is -0.457 e. The van der Waals surface area contributed by atoms with E-state index in [1.54, 1.807) is 6.07 Å². The molecular weight excluding hydrogens is 348 g/mol. The Labute approximate surface area is 154 Å². The molecule has 0 saturated heterocycles. The number of fused-ring (bicyclic) bond motifs is 1. The zero-order chi connectivity index (χ0) is 17.9. The van der Waals surface area contributed by atoms with Crippen LogP contribution in [0.2, 0.25) is 0 Å². The standard InChI is InChI=1S/C20H16N2O3S/c23-18-16-10-17(26-19(16)22-12-21-18)20(24)25-11-13-6-8-15(9-7-13)14-4-2-1-3-5-14/h1-10,22H,11-12H2,(H,21,23). The summed E-state index contributed by atoms with van der Waals surface area (Å²) in [4.78, 5) is 24.4. The monoisotopic (exact) mass is 364 g/mol. The summed E-state index contributed by atoms with van der Waals surface area (Å²) in [6.07, 6.45) is 0. The fourth-order valence-electron chi connectivity index (χ4n) is 2.74. The number of benzene rings is 2. The van der Waals surface area contributed by atoms with Crippen LogP contribution in [0.4, 0.5) is 5.00 Å². The van der Waals surface area contributed by atoms with E-state index in [1.807, 2.05) is 42.5 Å². The predicted octanol–water partition coefficient (Wildman–Crippen LogP) is 3.88. The molecule has 6 heteroatoms. The fraction of sp³-hybridized carbons (Fsp3) is 0.100. The first kappa shape index (κ1) is 16.4. The number of esters is 1. The van der Waals surface area contributed by atoms with Gasteiger partial charge in [-0.3, -0.25) is 4.79 Å². The second kappa shape index (κ2) is 7.01. The second-order valence-corrected chi connectivity index (χ2v) is 6.90. The van der Waals surface area contributed by atoms with Crippen molar-refractivity contribution < 1.29 is 14.3 Å². The van der Waals surface area contributed by atoms with E-state index in [0.717, 1.165) is 16.7 Å². The normalized spacial score (nSPS) is 12.7. The lowest BCUT2D eigenvalue weighted by molar-refractivity contribution is 0.0478.